The Morgan fingerprint density at radius 2 is 2.00 bits per heavy atom. The van der Waals surface area contributed by atoms with Gasteiger partial charge in [-0.3, -0.25) is 0 Å². The SMILES string of the molecule is OC(O)(O)Oc1ccc(=S)[nH]c1. The van der Waals surface area contributed by atoms with Gasteiger partial charge in [-0.1, -0.05) is 12.2 Å². The smallest absolute Gasteiger partial charge is 0.415 e. The Kier molecular flexibility index (Phi) is 2.43. The molecule has 0 bridgehead atoms. The number of nitrogens with one attached hydrogen (secondary N) is 1. The van der Waals surface area contributed by atoms with E-state index in [0.29, 0.717) is 4.64 Å². The molecule has 1 rings (SSSR count). The number of rotatable bonds is 2. The van der Waals surface area contributed by atoms with Gasteiger partial charge in [-0.15, -0.1) is 0 Å². The number of aromatic nitrogens is 1. The zero-order valence-corrected chi connectivity index (χ0v) is 6.71. The van der Waals surface area contributed by atoms with Gasteiger partial charge in [0.2, 0.25) is 0 Å². The molecular formula is C6H7NO4S. The van der Waals surface area contributed by atoms with Crippen LogP contribution in [0.4, 0.5) is 0 Å². The average molecular weight is 189 g/mol. The van der Waals surface area contributed by atoms with E-state index in [1.54, 1.807) is 0 Å². The largest absolute Gasteiger partial charge is 0.453 e. The number of aromatic amines is 1. The molecule has 0 saturated carbocycles. The van der Waals surface area contributed by atoms with Crippen molar-refractivity contribution in [2.75, 3.05) is 0 Å². The van der Waals surface area contributed by atoms with Crippen molar-refractivity contribution in [2.24, 2.45) is 0 Å². The van der Waals surface area contributed by atoms with E-state index in [9.17, 15) is 0 Å². The monoisotopic (exact) mass is 189 g/mol. The minimum atomic E-state index is -3.16. The zero-order valence-electron chi connectivity index (χ0n) is 5.89. The van der Waals surface area contributed by atoms with Gasteiger partial charge < -0.3 is 25.0 Å². The Hall–Kier alpha value is -0.950. The van der Waals surface area contributed by atoms with E-state index in [-0.39, 0.29) is 5.75 Å². The number of pyridine rings is 1. The number of hydrogen-bond acceptors (Lipinski definition) is 5. The second-order valence-electron chi connectivity index (χ2n) is 2.06. The highest BCUT2D eigenvalue weighted by Gasteiger charge is 2.20. The minimum absolute atomic E-state index is 0.0658. The zero-order chi connectivity index (χ0) is 9.19. The summed E-state index contributed by atoms with van der Waals surface area (Å²) in [4.78, 5) is 2.58. The number of H-pyrrole nitrogens is 1. The Bertz CT molecular complexity index is 296. The van der Waals surface area contributed by atoms with Crippen molar-refractivity contribution in [2.45, 2.75) is 6.16 Å². The standard InChI is InChI=1S/C6H7NO4S/c8-6(9,10)11-4-1-2-5(12)7-3-4/h1-3,8-10H,(H,7,12). The first-order valence-corrected chi connectivity index (χ1v) is 3.43. The van der Waals surface area contributed by atoms with E-state index < -0.39 is 6.16 Å². The summed E-state index contributed by atoms with van der Waals surface area (Å²) in [5.41, 5.74) is 0. The number of ether oxygens (including phenoxy) is 1. The quantitative estimate of drug-likeness (QED) is 0.379. The molecule has 0 aliphatic heterocycles. The summed E-state index contributed by atoms with van der Waals surface area (Å²) in [6.07, 6.45) is -1.86. The van der Waals surface area contributed by atoms with Crippen LogP contribution in [-0.2, 0) is 0 Å². The third kappa shape index (κ3) is 2.97. The highest BCUT2D eigenvalue weighted by molar-refractivity contribution is 7.71. The Morgan fingerprint density at radius 3 is 2.42 bits per heavy atom. The van der Waals surface area contributed by atoms with Crippen LogP contribution in [0.1, 0.15) is 0 Å². The lowest BCUT2D eigenvalue weighted by molar-refractivity contribution is -0.419. The summed E-state index contributed by atoms with van der Waals surface area (Å²) in [5, 5.41) is 25.2. The van der Waals surface area contributed by atoms with Crippen LogP contribution < -0.4 is 4.74 Å². The molecule has 5 nitrogen and oxygen atoms in total. The molecule has 0 amide bonds. The Morgan fingerprint density at radius 1 is 1.33 bits per heavy atom. The number of aliphatic hydroxyl groups is 3. The van der Waals surface area contributed by atoms with Gasteiger partial charge in [0.15, 0.2) is 0 Å². The molecule has 0 fully saturated rings. The van der Waals surface area contributed by atoms with Gasteiger partial charge >= 0.3 is 6.16 Å². The van der Waals surface area contributed by atoms with E-state index >= 15 is 0 Å². The molecule has 6 heteroatoms. The van der Waals surface area contributed by atoms with Crippen molar-refractivity contribution >= 4 is 12.2 Å². The van der Waals surface area contributed by atoms with E-state index in [1.807, 2.05) is 0 Å². The first-order chi connectivity index (χ1) is 5.47. The molecule has 0 aliphatic rings. The van der Waals surface area contributed by atoms with Crippen LogP contribution in [-0.4, -0.2) is 26.5 Å². The summed E-state index contributed by atoms with van der Waals surface area (Å²) >= 11 is 4.71. The molecule has 0 atom stereocenters. The molecule has 0 aliphatic carbocycles. The maximum atomic E-state index is 8.39. The van der Waals surface area contributed by atoms with Crippen molar-refractivity contribution in [1.82, 2.24) is 4.98 Å². The normalized spacial score (nSPS) is 11.2. The maximum Gasteiger partial charge on any atom is 0.453 e. The summed E-state index contributed by atoms with van der Waals surface area (Å²) < 4.78 is 4.72. The fraction of sp³-hybridized carbons (Fsp3) is 0.167. The minimum Gasteiger partial charge on any atom is -0.415 e. The van der Waals surface area contributed by atoms with Crippen LogP contribution in [0, 0.1) is 4.64 Å². The van der Waals surface area contributed by atoms with Crippen molar-refractivity contribution in [3.63, 3.8) is 0 Å². The summed E-state index contributed by atoms with van der Waals surface area (Å²) in [6.45, 7) is 0. The van der Waals surface area contributed by atoms with Gasteiger partial charge in [-0.25, -0.2) is 0 Å². The lowest BCUT2D eigenvalue weighted by atomic mass is 10.5. The lowest BCUT2D eigenvalue weighted by Crippen LogP contribution is -2.34. The maximum absolute atomic E-state index is 8.39. The van der Waals surface area contributed by atoms with E-state index in [0.717, 1.165) is 0 Å². The molecule has 1 heterocycles. The topological polar surface area (TPSA) is 85.7 Å². The van der Waals surface area contributed by atoms with E-state index in [1.165, 1.54) is 18.3 Å². The summed E-state index contributed by atoms with van der Waals surface area (Å²) in [6, 6.07) is 2.87. The third-order valence-electron chi connectivity index (χ3n) is 1.01. The molecule has 0 radical (unpaired) electrons. The molecular weight excluding hydrogens is 182 g/mol. The van der Waals surface area contributed by atoms with E-state index in [4.69, 9.17) is 27.5 Å². The van der Waals surface area contributed by atoms with Crippen LogP contribution in [0.15, 0.2) is 18.3 Å². The van der Waals surface area contributed by atoms with Crippen molar-refractivity contribution < 1.29 is 20.1 Å². The molecule has 1 aromatic heterocycles. The van der Waals surface area contributed by atoms with Crippen LogP contribution >= 0.6 is 12.2 Å². The van der Waals surface area contributed by atoms with Crippen LogP contribution in [0.3, 0.4) is 0 Å². The summed E-state index contributed by atoms with van der Waals surface area (Å²) in [5.74, 6) is 0.0658. The predicted molar refractivity (Wildman–Crippen MR) is 41.6 cm³/mol. The molecule has 0 aromatic carbocycles. The number of hydrogen-bond donors (Lipinski definition) is 4. The van der Waals surface area contributed by atoms with Gasteiger partial charge in [-0.2, -0.15) is 0 Å². The molecule has 1 aromatic rings. The molecule has 0 spiro atoms. The molecule has 66 valence electrons. The fourth-order valence-electron chi connectivity index (χ4n) is 0.618. The van der Waals surface area contributed by atoms with Gasteiger partial charge in [0.1, 0.15) is 10.4 Å². The highest BCUT2D eigenvalue weighted by atomic mass is 32.1. The summed E-state index contributed by atoms with van der Waals surface area (Å²) in [7, 11) is 0. The van der Waals surface area contributed by atoms with Crippen molar-refractivity contribution in [3.8, 4) is 5.75 Å². The Labute approximate surface area is 72.9 Å². The van der Waals surface area contributed by atoms with Gasteiger partial charge in [-0.05, 0) is 12.1 Å². The van der Waals surface area contributed by atoms with Gasteiger partial charge in [0.05, 0.1) is 0 Å². The molecule has 0 saturated heterocycles. The molecule has 12 heavy (non-hydrogen) atoms. The molecule has 0 unspecified atom stereocenters. The van der Waals surface area contributed by atoms with Crippen molar-refractivity contribution in [1.29, 1.82) is 0 Å². The van der Waals surface area contributed by atoms with Gasteiger partial charge in [0, 0.05) is 6.20 Å². The van der Waals surface area contributed by atoms with Gasteiger partial charge in [0.25, 0.3) is 0 Å². The molecule has 4 N–H and O–H groups in total. The van der Waals surface area contributed by atoms with Crippen LogP contribution in [0.5, 0.6) is 5.75 Å². The fourth-order valence-corrected chi connectivity index (χ4v) is 0.745. The Balaban J connectivity index is 2.78. The average Bonchev–Trinajstić information content (AvgIpc) is 1.91. The second-order valence-corrected chi connectivity index (χ2v) is 2.50. The highest BCUT2D eigenvalue weighted by Crippen LogP contribution is 2.11. The predicted octanol–water partition coefficient (Wildman–Crippen LogP) is -0.289. The first kappa shape index (κ1) is 9.14. The lowest BCUT2D eigenvalue weighted by Gasteiger charge is -2.14. The third-order valence-corrected chi connectivity index (χ3v) is 1.26. The van der Waals surface area contributed by atoms with Crippen molar-refractivity contribution in [3.05, 3.63) is 23.0 Å². The van der Waals surface area contributed by atoms with E-state index in [2.05, 4.69) is 9.72 Å². The second kappa shape index (κ2) is 3.20. The van der Waals surface area contributed by atoms with Crippen LogP contribution in [0.25, 0.3) is 0 Å². The van der Waals surface area contributed by atoms with Crippen LogP contribution in [0.2, 0.25) is 0 Å². The first-order valence-electron chi connectivity index (χ1n) is 3.02.